The van der Waals surface area contributed by atoms with Gasteiger partial charge in [0.1, 0.15) is 0 Å². The number of hydrogen-bond acceptors (Lipinski definition) is 10. The molecule has 0 radical (unpaired) electrons. The maximum absolute atomic E-state index is 9.49. The lowest BCUT2D eigenvalue weighted by atomic mass is 10.2. The number of aliphatic hydroxyl groups is 2. The molecule has 162 valence electrons. The lowest BCUT2D eigenvalue weighted by molar-refractivity contribution is 0.105. The molecule has 1 atom stereocenters. The van der Waals surface area contributed by atoms with Crippen LogP contribution in [0.5, 0.6) is 0 Å². The number of aromatic nitrogens is 3. The SMILES string of the molecule is OCC(O)CNc1ccc(-c2nc(N3CCOCC3)nc(N3CCOCC3)n2)cc1. The van der Waals surface area contributed by atoms with Crippen molar-refractivity contribution in [3.05, 3.63) is 24.3 Å². The van der Waals surface area contributed by atoms with Gasteiger partial charge in [-0.25, -0.2) is 0 Å². The molecule has 2 aromatic rings. The largest absolute Gasteiger partial charge is 0.394 e. The third-order valence-corrected chi connectivity index (χ3v) is 5.10. The van der Waals surface area contributed by atoms with Gasteiger partial charge in [-0.15, -0.1) is 0 Å². The molecule has 0 aliphatic carbocycles. The van der Waals surface area contributed by atoms with E-state index in [-0.39, 0.29) is 13.2 Å². The second-order valence-corrected chi connectivity index (χ2v) is 7.25. The van der Waals surface area contributed by atoms with E-state index in [0.717, 1.165) is 37.4 Å². The molecule has 2 saturated heterocycles. The summed E-state index contributed by atoms with van der Waals surface area (Å²) in [5.41, 5.74) is 1.73. The molecule has 2 aliphatic heterocycles. The van der Waals surface area contributed by atoms with Crippen LogP contribution in [0, 0.1) is 0 Å². The zero-order valence-electron chi connectivity index (χ0n) is 16.9. The number of morpholine rings is 2. The van der Waals surface area contributed by atoms with Gasteiger partial charge in [0.25, 0.3) is 0 Å². The van der Waals surface area contributed by atoms with Crippen molar-refractivity contribution in [1.82, 2.24) is 15.0 Å². The Kier molecular flexibility index (Phi) is 6.90. The van der Waals surface area contributed by atoms with Crippen molar-refractivity contribution in [2.45, 2.75) is 6.10 Å². The Morgan fingerprint density at radius 1 is 0.867 bits per heavy atom. The van der Waals surface area contributed by atoms with E-state index in [1.165, 1.54) is 0 Å². The third kappa shape index (κ3) is 5.14. The Hall–Kier alpha value is -2.53. The predicted octanol–water partition coefficient (Wildman–Crippen LogP) is -0.0231. The number of benzene rings is 1. The quantitative estimate of drug-likeness (QED) is 0.568. The first-order valence-corrected chi connectivity index (χ1v) is 10.3. The first-order valence-electron chi connectivity index (χ1n) is 10.3. The van der Waals surface area contributed by atoms with Crippen molar-refractivity contribution < 1.29 is 19.7 Å². The molecule has 0 amide bonds. The minimum Gasteiger partial charge on any atom is -0.394 e. The van der Waals surface area contributed by atoms with Crippen LogP contribution in [-0.4, -0.2) is 97.0 Å². The van der Waals surface area contributed by atoms with Crippen molar-refractivity contribution in [3.63, 3.8) is 0 Å². The standard InChI is InChI=1S/C20H28N6O4/c27-14-17(28)13-21-16-3-1-15(2-4-16)18-22-19(25-5-9-29-10-6-25)24-20(23-18)26-7-11-30-12-8-26/h1-4,17,21,27-28H,5-14H2. The summed E-state index contributed by atoms with van der Waals surface area (Å²) < 4.78 is 10.9. The van der Waals surface area contributed by atoms with Gasteiger partial charge in [-0.1, -0.05) is 0 Å². The van der Waals surface area contributed by atoms with Gasteiger partial charge in [-0.05, 0) is 24.3 Å². The summed E-state index contributed by atoms with van der Waals surface area (Å²) in [6, 6.07) is 7.70. The Morgan fingerprint density at radius 2 is 1.40 bits per heavy atom. The second kappa shape index (κ2) is 9.98. The van der Waals surface area contributed by atoms with E-state index in [0.29, 0.717) is 44.1 Å². The van der Waals surface area contributed by atoms with E-state index in [9.17, 15) is 5.11 Å². The van der Waals surface area contributed by atoms with Gasteiger partial charge in [0.2, 0.25) is 11.9 Å². The van der Waals surface area contributed by atoms with Gasteiger partial charge in [0, 0.05) is 44.0 Å². The molecule has 1 aromatic carbocycles. The topological polar surface area (TPSA) is 116 Å². The number of nitrogens with zero attached hydrogens (tertiary/aromatic N) is 5. The summed E-state index contributed by atoms with van der Waals surface area (Å²) in [4.78, 5) is 18.5. The lowest BCUT2D eigenvalue weighted by Crippen LogP contribution is -2.40. The molecule has 0 saturated carbocycles. The maximum atomic E-state index is 9.49. The van der Waals surface area contributed by atoms with E-state index < -0.39 is 6.10 Å². The van der Waals surface area contributed by atoms with Crippen LogP contribution >= 0.6 is 0 Å². The van der Waals surface area contributed by atoms with Crippen LogP contribution in [0.2, 0.25) is 0 Å². The average molecular weight is 416 g/mol. The molecule has 0 spiro atoms. The van der Waals surface area contributed by atoms with E-state index in [2.05, 4.69) is 15.1 Å². The minimum atomic E-state index is -0.791. The molecule has 30 heavy (non-hydrogen) atoms. The molecule has 2 aliphatic rings. The highest BCUT2D eigenvalue weighted by atomic mass is 16.5. The highest BCUT2D eigenvalue weighted by molar-refractivity contribution is 5.62. The maximum Gasteiger partial charge on any atom is 0.230 e. The molecule has 3 heterocycles. The Balaban J connectivity index is 1.59. The van der Waals surface area contributed by atoms with Crippen molar-refractivity contribution >= 4 is 17.6 Å². The zero-order valence-corrected chi connectivity index (χ0v) is 16.9. The molecule has 2 fully saturated rings. The van der Waals surface area contributed by atoms with Crippen LogP contribution in [0.1, 0.15) is 0 Å². The Morgan fingerprint density at radius 3 is 1.90 bits per heavy atom. The fourth-order valence-corrected chi connectivity index (χ4v) is 3.33. The van der Waals surface area contributed by atoms with E-state index >= 15 is 0 Å². The number of rotatable bonds is 7. The second-order valence-electron chi connectivity index (χ2n) is 7.25. The normalized spacial score (nSPS) is 18.3. The summed E-state index contributed by atoms with van der Waals surface area (Å²) in [5, 5.41) is 21.5. The summed E-state index contributed by atoms with van der Waals surface area (Å²) in [5.74, 6) is 1.95. The van der Waals surface area contributed by atoms with Gasteiger partial charge in [0.05, 0.1) is 39.1 Å². The van der Waals surface area contributed by atoms with Crippen LogP contribution in [0.3, 0.4) is 0 Å². The van der Waals surface area contributed by atoms with Crippen molar-refractivity contribution in [1.29, 1.82) is 0 Å². The summed E-state index contributed by atoms with van der Waals surface area (Å²) >= 11 is 0. The monoisotopic (exact) mass is 416 g/mol. The highest BCUT2D eigenvalue weighted by Gasteiger charge is 2.21. The van der Waals surface area contributed by atoms with Crippen LogP contribution in [0.15, 0.2) is 24.3 Å². The number of anilines is 3. The lowest BCUT2D eigenvalue weighted by Gasteiger charge is -2.30. The zero-order chi connectivity index (χ0) is 20.8. The van der Waals surface area contributed by atoms with Crippen LogP contribution < -0.4 is 15.1 Å². The first kappa shape index (κ1) is 20.7. The fraction of sp³-hybridized carbons (Fsp3) is 0.550. The summed E-state index contributed by atoms with van der Waals surface area (Å²) in [7, 11) is 0. The van der Waals surface area contributed by atoms with E-state index in [1.807, 2.05) is 24.3 Å². The summed E-state index contributed by atoms with van der Waals surface area (Å²) in [6.45, 7) is 5.66. The molecule has 10 nitrogen and oxygen atoms in total. The summed E-state index contributed by atoms with van der Waals surface area (Å²) in [6.07, 6.45) is -0.791. The molecule has 1 aromatic heterocycles. The molecule has 4 rings (SSSR count). The van der Waals surface area contributed by atoms with Gasteiger partial charge in [-0.3, -0.25) is 0 Å². The van der Waals surface area contributed by atoms with Gasteiger partial charge in [0.15, 0.2) is 5.82 Å². The predicted molar refractivity (Wildman–Crippen MR) is 113 cm³/mol. The van der Waals surface area contributed by atoms with E-state index in [4.69, 9.17) is 29.5 Å². The minimum absolute atomic E-state index is 0.273. The smallest absolute Gasteiger partial charge is 0.230 e. The molecular weight excluding hydrogens is 388 g/mol. The van der Waals surface area contributed by atoms with Crippen molar-refractivity contribution in [2.24, 2.45) is 0 Å². The number of hydrogen-bond donors (Lipinski definition) is 3. The number of nitrogens with one attached hydrogen (secondary N) is 1. The highest BCUT2D eigenvalue weighted by Crippen LogP contribution is 2.24. The molecule has 10 heteroatoms. The fourth-order valence-electron chi connectivity index (χ4n) is 3.33. The first-order chi connectivity index (χ1) is 14.7. The number of aliphatic hydroxyl groups excluding tert-OH is 2. The molecular formula is C20H28N6O4. The molecule has 1 unspecified atom stereocenters. The van der Waals surface area contributed by atoms with Crippen molar-refractivity contribution in [3.8, 4) is 11.4 Å². The van der Waals surface area contributed by atoms with Gasteiger partial charge in [-0.2, -0.15) is 15.0 Å². The number of ether oxygens (including phenoxy) is 2. The van der Waals surface area contributed by atoms with Crippen LogP contribution in [0.4, 0.5) is 17.6 Å². The van der Waals surface area contributed by atoms with E-state index in [1.54, 1.807) is 0 Å². The van der Waals surface area contributed by atoms with Crippen LogP contribution in [-0.2, 0) is 9.47 Å². The molecule has 0 bridgehead atoms. The van der Waals surface area contributed by atoms with Crippen molar-refractivity contribution in [2.75, 3.05) is 80.9 Å². The third-order valence-electron chi connectivity index (χ3n) is 5.10. The average Bonchev–Trinajstić information content (AvgIpc) is 2.83. The van der Waals surface area contributed by atoms with Gasteiger partial charge < -0.3 is 34.8 Å². The molecule has 3 N–H and O–H groups in total. The Labute approximate surface area is 175 Å². The van der Waals surface area contributed by atoms with Gasteiger partial charge >= 0.3 is 0 Å². The van der Waals surface area contributed by atoms with Crippen LogP contribution in [0.25, 0.3) is 11.4 Å². The Bertz CT molecular complexity index is 773.